The average Bonchev–Trinajstić information content (AvgIpc) is 2.89. The number of benzene rings is 2. The van der Waals surface area contributed by atoms with E-state index in [-0.39, 0.29) is 11.4 Å². The summed E-state index contributed by atoms with van der Waals surface area (Å²) in [5.41, 5.74) is 2.38. The van der Waals surface area contributed by atoms with Gasteiger partial charge in [0.1, 0.15) is 11.5 Å². The zero-order valence-corrected chi connectivity index (χ0v) is 20.6. The average molecular weight is 497 g/mol. The molecule has 5 rings (SSSR count). The van der Waals surface area contributed by atoms with Crippen molar-refractivity contribution in [3.8, 4) is 17.4 Å². The molecule has 0 saturated carbocycles. The molecule has 2 aliphatic heterocycles. The van der Waals surface area contributed by atoms with Gasteiger partial charge in [-0.1, -0.05) is 12.1 Å². The van der Waals surface area contributed by atoms with Crippen LogP contribution in [0.4, 0.5) is 5.95 Å². The first-order valence-corrected chi connectivity index (χ1v) is 13.0. The van der Waals surface area contributed by atoms with Gasteiger partial charge < -0.3 is 19.1 Å². The number of rotatable bonds is 6. The number of morpholine rings is 1. The summed E-state index contributed by atoms with van der Waals surface area (Å²) in [7, 11) is -2.07. The zero-order chi connectivity index (χ0) is 24.4. The van der Waals surface area contributed by atoms with E-state index >= 15 is 0 Å². The molecule has 0 radical (unpaired) electrons. The van der Waals surface area contributed by atoms with E-state index in [1.165, 1.54) is 4.31 Å². The van der Waals surface area contributed by atoms with E-state index in [1.54, 1.807) is 49.6 Å². The van der Waals surface area contributed by atoms with E-state index in [2.05, 4.69) is 4.90 Å². The van der Waals surface area contributed by atoms with Crippen LogP contribution in [0.5, 0.6) is 17.4 Å². The highest BCUT2D eigenvalue weighted by Crippen LogP contribution is 2.34. The Kier molecular flexibility index (Phi) is 6.59. The van der Waals surface area contributed by atoms with Crippen molar-refractivity contribution in [1.29, 1.82) is 0 Å². The van der Waals surface area contributed by atoms with Crippen LogP contribution in [-0.2, 0) is 27.7 Å². The van der Waals surface area contributed by atoms with Crippen LogP contribution in [0.3, 0.4) is 0 Å². The van der Waals surface area contributed by atoms with Crippen molar-refractivity contribution in [3.05, 3.63) is 65.4 Å². The first-order chi connectivity index (χ1) is 16.9. The Bertz CT molecular complexity index is 1310. The highest BCUT2D eigenvalue weighted by molar-refractivity contribution is 7.89. The maximum absolute atomic E-state index is 13.4. The number of methoxy groups -OCH3 is 1. The van der Waals surface area contributed by atoms with E-state index in [0.29, 0.717) is 68.2 Å². The second kappa shape index (κ2) is 9.80. The van der Waals surface area contributed by atoms with Crippen molar-refractivity contribution in [2.75, 3.05) is 44.9 Å². The van der Waals surface area contributed by atoms with Gasteiger partial charge in [0.25, 0.3) is 0 Å². The molecule has 0 unspecified atom stereocenters. The summed E-state index contributed by atoms with van der Waals surface area (Å²) < 4.78 is 45.2. The predicted octanol–water partition coefficient (Wildman–Crippen LogP) is 3.17. The van der Waals surface area contributed by atoms with Gasteiger partial charge in [-0.25, -0.2) is 13.4 Å². The Morgan fingerprint density at radius 1 is 0.971 bits per heavy atom. The highest BCUT2D eigenvalue weighted by atomic mass is 32.2. The first-order valence-electron chi connectivity index (χ1n) is 11.6. The second-order valence-corrected chi connectivity index (χ2v) is 10.5. The van der Waals surface area contributed by atoms with Crippen LogP contribution in [0.15, 0.2) is 53.4 Å². The van der Waals surface area contributed by atoms with Crippen molar-refractivity contribution < 1.29 is 22.6 Å². The number of fused-ring (bicyclic) bond motifs is 1. The zero-order valence-electron chi connectivity index (χ0n) is 19.8. The van der Waals surface area contributed by atoms with Gasteiger partial charge >= 0.3 is 0 Å². The molecular formula is C25H28N4O5S. The quantitative estimate of drug-likeness (QED) is 0.514. The molecule has 2 aromatic carbocycles. The third-order valence-corrected chi connectivity index (χ3v) is 8.01. The maximum atomic E-state index is 13.4. The number of sulfonamides is 1. The van der Waals surface area contributed by atoms with Gasteiger partial charge in [-0.3, -0.25) is 0 Å². The number of aryl methyl sites for hydroxylation is 1. The molecular weight excluding hydrogens is 468 g/mol. The highest BCUT2D eigenvalue weighted by Gasteiger charge is 2.32. The van der Waals surface area contributed by atoms with Crippen molar-refractivity contribution >= 4 is 16.0 Å². The SMILES string of the molecule is COc1ccc(Oc2nc(N3CCOCC3)nc3c2CN(S(=O)(=O)c2cccc(C)c2)CC3)cc1. The summed E-state index contributed by atoms with van der Waals surface area (Å²) in [5, 5.41) is 0. The Morgan fingerprint density at radius 2 is 1.71 bits per heavy atom. The molecule has 3 aromatic rings. The minimum atomic E-state index is -3.68. The molecule has 9 nitrogen and oxygen atoms in total. The lowest BCUT2D eigenvalue weighted by molar-refractivity contribution is 0.122. The van der Waals surface area contributed by atoms with Gasteiger partial charge in [-0.2, -0.15) is 9.29 Å². The van der Waals surface area contributed by atoms with Gasteiger partial charge in [0.15, 0.2) is 0 Å². The van der Waals surface area contributed by atoms with E-state index in [1.807, 2.05) is 13.0 Å². The molecule has 35 heavy (non-hydrogen) atoms. The molecule has 0 bridgehead atoms. The number of hydrogen-bond donors (Lipinski definition) is 0. The molecule has 0 atom stereocenters. The molecule has 0 N–H and O–H groups in total. The van der Waals surface area contributed by atoms with Crippen molar-refractivity contribution in [2.45, 2.75) is 24.8 Å². The lowest BCUT2D eigenvalue weighted by Crippen LogP contribution is -2.39. The number of aromatic nitrogens is 2. The number of hydrogen-bond acceptors (Lipinski definition) is 8. The third kappa shape index (κ3) is 4.95. The Labute approximate surface area is 205 Å². The lowest BCUT2D eigenvalue weighted by atomic mass is 10.1. The van der Waals surface area contributed by atoms with E-state index in [4.69, 9.17) is 24.2 Å². The van der Waals surface area contributed by atoms with Gasteiger partial charge in [0, 0.05) is 32.6 Å². The van der Waals surface area contributed by atoms with Crippen LogP contribution in [0.25, 0.3) is 0 Å². The summed E-state index contributed by atoms with van der Waals surface area (Å²) in [4.78, 5) is 11.9. The van der Waals surface area contributed by atoms with E-state index < -0.39 is 10.0 Å². The Balaban J connectivity index is 1.51. The predicted molar refractivity (Wildman–Crippen MR) is 131 cm³/mol. The summed E-state index contributed by atoms with van der Waals surface area (Å²) in [5.74, 6) is 2.24. The molecule has 0 amide bonds. The monoisotopic (exact) mass is 496 g/mol. The second-order valence-electron chi connectivity index (χ2n) is 8.54. The topological polar surface area (TPSA) is 94.1 Å². The van der Waals surface area contributed by atoms with Crippen LogP contribution < -0.4 is 14.4 Å². The van der Waals surface area contributed by atoms with Crippen LogP contribution >= 0.6 is 0 Å². The minimum Gasteiger partial charge on any atom is -0.497 e. The number of nitrogens with zero attached hydrogens (tertiary/aromatic N) is 4. The van der Waals surface area contributed by atoms with E-state index in [9.17, 15) is 8.42 Å². The normalized spacial score (nSPS) is 16.6. The van der Waals surface area contributed by atoms with Crippen molar-refractivity contribution in [2.24, 2.45) is 0 Å². The first kappa shape index (κ1) is 23.5. The summed E-state index contributed by atoms with van der Waals surface area (Å²) in [6.07, 6.45) is 0.471. The lowest BCUT2D eigenvalue weighted by Gasteiger charge is -2.31. The van der Waals surface area contributed by atoms with Gasteiger partial charge in [0.2, 0.25) is 21.9 Å². The smallest absolute Gasteiger partial charge is 0.243 e. The van der Waals surface area contributed by atoms with Crippen LogP contribution in [-0.4, -0.2) is 62.6 Å². The molecule has 10 heteroatoms. The van der Waals surface area contributed by atoms with Gasteiger partial charge in [-0.05, 0) is 48.9 Å². The summed E-state index contributed by atoms with van der Waals surface area (Å²) in [6, 6.07) is 14.2. The fourth-order valence-corrected chi connectivity index (χ4v) is 5.74. The molecule has 184 valence electrons. The van der Waals surface area contributed by atoms with Crippen molar-refractivity contribution in [1.82, 2.24) is 14.3 Å². The van der Waals surface area contributed by atoms with Crippen LogP contribution in [0.2, 0.25) is 0 Å². The molecule has 1 saturated heterocycles. The summed E-state index contributed by atoms with van der Waals surface area (Å²) in [6.45, 7) is 4.95. The van der Waals surface area contributed by atoms with Crippen LogP contribution in [0.1, 0.15) is 16.8 Å². The van der Waals surface area contributed by atoms with E-state index in [0.717, 1.165) is 11.3 Å². The minimum absolute atomic E-state index is 0.139. The molecule has 0 aliphatic carbocycles. The van der Waals surface area contributed by atoms with Crippen molar-refractivity contribution in [3.63, 3.8) is 0 Å². The van der Waals surface area contributed by atoms with Gasteiger partial charge in [0.05, 0.1) is 36.5 Å². The molecule has 2 aliphatic rings. The fraction of sp³-hybridized carbons (Fsp3) is 0.360. The van der Waals surface area contributed by atoms with Crippen LogP contribution in [0, 0.1) is 6.92 Å². The number of ether oxygens (including phenoxy) is 3. The Hall–Kier alpha value is -3.21. The molecule has 1 aromatic heterocycles. The Morgan fingerprint density at radius 3 is 2.43 bits per heavy atom. The maximum Gasteiger partial charge on any atom is 0.243 e. The third-order valence-electron chi connectivity index (χ3n) is 6.17. The molecule has 0 spiro atoms. The molecule has 3 heterocycles. The molecule has 1 fully saturated rings. The standard InChI is InChI=1S/C25H28N4O5S/c1-18-4-3-5-21(16-18)35(30,31)29-11-10-23-22(17-29)24(34-20-8-6-19(32-2)7-9-20)27-25(26-23)28-12-14-33-15-13-28/h3-9,16H,10-15,17H2,1-2H3. The number of anilines is 1. The van der Waals surface area contributed by atoms with Gasteiger partial charge in [-0.15, -0.1) is 0 Å². The largest absolute Gasteiger partial charge is 0.497 e. The fourth-order valence-electron chi connectivity index (χ4n) is 4.22. The summed E-state index contributed by atoms with van der Waals surface area (Å²) >= 11 is 0.